The van der Waals surface area contributed by atoms with Crippen LogP contribution in [0.2, 0.25) is 0 Å². The third-order valence-corrected chi connectivity index (χ3v) is 4.43. The Bertz CT molecular complexity index is 451. The third-order valence-electron chi connectivity index (χ3n) is 4.43. The summed E-state index contributed by atoms with van der Waals surface area (Å²) in [6, 6.07) is 8.09. The summed E-state index contributed by atoms with van der Waals surface area (Å²) < 4.78 is 0. The quantitative estimate of drug-likeness (QED) is 0.749. The largest absolute Gasteiger partial charge is 0.372 e. The fourth-order valence-electron chi connectivity index (χ4n) is 3.17. The smallest absolute Gasteiger partial charge is 0.176 e. The molecule has 0 aliphatic carbocycles. The molecule has 3 heteroatoms. The van der Waals surface area contributed by atoms with Gasteiger partial charge < -0.3 is 4.90 Å². The Morgan fingerprint density at radius 1 is 1.24 bits per heavy atom. The van der Waals surface area contributed by atoms with Gasteiger partial charge in [-0.2, -0.15) is 0 Å². The highest BCUT2D eigenvalue weighted by molar-refractivity contribution is 5.97. The predicted molar refractivity (Wildman–Crippen MR) is 89.2 cm³/mol. The number of hydrogen-bond donors (Lipinski definition) is 0. The van der Waals surface area contributed by atoms with Crippen LogP contribution in [0.1, 0.15) is 44.0 Å². The van der Waals surface area contributed by atoms with Gasteiger partial charge in [-0.25, -0.2) is 0 Å². The van der Waals surface area contributed by atoms with E-state index in [-0.39, 0.29) is 5.78 Å². The first kappa shape index (κ1) is 16.0. The molecule has 1 aliphatic heterocycles. The summed E-state index contributed by atoms with van der Waals surface area (Å²) in [6.45, 7) is 11.3. The van der Waals surface area contributed by atoms with Gasteiger partial charge in [-0.15, -0.1) is 0 Å². The van der Waals surface area contributed by atoms with Gasteiger partial charge >= 0.3 is 0 Å². The first-order valence-corrected chi connectivity index (χ1v) is 8.24. The van der Waals surface area contributed by atoms with E-state index >= 15 is 0 Å². The molecule has 1 aromatic carbocycles. The first-order chi connectivity index (χ1) is 10.1. The highest BCUT2D eigenvalue weighted by Crippen LogP contribution is 2.18. The minimum absolute atomic E-state index is 0.246. The molecule has 1 aromatic rings. The molecular formula is C18H28N2O. The predicted octanol–water partition coefficient (Wildman–Crippen LogP) is 3.45. The fraction of sp³-hybridized carbons (Fsp3) is 0.611. The number of likely N-dealkylation sites (tertiary alicyclic amines) is 1. The molecule has 0 spiro atoms. The molecule has 0 aromatic heterocycles. The van der Waals surface area contributed by atoms with Crippen molar-refractivity contribution in [2.75, 3.05) is 37.6 Å². The van der Waals surface area contributed by atoms with Crippen LogP contribution in [0.3, 0.4) is 0 Å². The second-order valence-corrected chi connectivity index (χ2v) is 6.12. The molecule has 0 radical (unpaired) electrons. The Hall–Kier alpha value is -1.35. The van der Waals surface area contributed by atoms with Crippen molar-refractivity contribution in [3.63, 3.8) is 0 Å². The molecule has 0 amide bonds. The van der Waals surface area contributed by atoms with Crippen molar-refractivity contribution in [1.29, 1.82) is 0 Å². The van der Waals surface area contributed by atoms with Crippen LogP contribution < -0.4 is 4.90 Å². The highest BCUT2D eigenvalue weighted by Gasteiger charge is 2.19. The summed E-state index contributed by atoms with van der Waals surface area (Å²) >= 11 is 0. The maximum absolute atomic E-state index is 12.4. The van der Waals surface area contributed by atoms with Crippen LogP contribution in [0, 0.1) is 5.92 Å². The van der Waals surface area contributed by atoms with E-state index in [1.807, 2.05) is 12.1 Å². The van der Waals surface area contributed by atoms with Gasteiger partial charge in [0.25, 0.3) is 0 Å². The number of anilines is 1. The molecule has 1 aliphatic rings. The average Bonchev–Trinajstić information content (AvgIpc) is 2.49. The van der Waals surface area contributed by atoms with E-state index in [4.69, 9.17) is 0 Å². The lowest BCUT2D eigenvalue weighted by atomic mass is 9.99. The second kappa shape index (κ2) is 7.60. The molecule has 1 saturated heterocycles. The second-order valence-electron chi connectivity index (χ2n) is 6.12. The topological polar surface area (TPSA) is 23.6 Å². The lowest BCUT2D eigenvalue weighted by Crippen LogP contribution is -2.37. The molecule has 3 nitrogen and oxygen atoms in total. The summed E-state index contributed by atoms with van der Waals surface area (Å²) in [7, 11) is 0. The SMILES string of the molecule is CCN(CC)c1ccc(C(=O)CN2CCCC(C)C2)cc1. The number of ketones is 1. The average molecular weight is 288 g/mol. The van der Waals surface area contributed by atoms with Gasteiger partial charge in [-0.3, -0.25) is 9.69 Å². The van der Waals surface area contributed by atoms with Crippen LogP contribution in [0.15, 0.2) is 24.3 Å². The van der Waals surface area contributed by atoms with Crippen molar-refractivity contribution in [2.24, 2.45) is 5.92 Å². The number of carbonyl (C=O) groups is 1. The van der Waals surface area contributed by atoms with Gasteiger partial charge in [0.05, 0.1) is 6.54 Å². The van der Waals surface area contributed by atoms with Gasteiger partial charge in [-0.1, -0.05) is 6.92 Å². The van der Waals surface area contributed by atoms with Crippen molar-refractivity contribution in [3.05, 3.63) is 29.8 Å². The molecule has 1 heterocycles. The molecule has 21 heavy (non-hydrogen) atoms. The molecule has 0 N–H and O–H groups in total. The number of piperidine rings is 1. The molecule has 0 bridgehead atoms. The zero-order valence-electron chi connectivity index (χ0n) is 13.6. The minimum atomic E-state index is 0.246. The number of carbonyl (C=O) groups excluding carboxylic acids is 1. The minimum Gasteiger partial charge on any atom is -0.372 e. The molecule has 1 fully saturated rings. The fourth-order valence-corrected chi connectivity index (χ4v) is 3.17. The Morgan fingerprint density at radius 2 is 1.90 bits per heavy atom. The lowest BCUT2D eigenvalue weighted by Gasteiger charge is -2.30. The standard InChI is InChI=1S/C18H28N2O/c1-4-20(5-2)17-10-8-16(9-11-17)18(21)14-19-12-6-7-15(3)13-19/h8-11,15H,4-7,12-14H2,1-3H3. The van der Waals surface area contributed by atoms with E-state index < -0.39 is 0 Å². The maximum atomic E-state index is 12.4. The Morgan fingerprint density at radius 3 is 2.48 bits per heavy atom. The monoisotopic (exact) mass is 288 g/mol. The highest BCUT2D eigenvalue weighted by atomic mass is 16.1. The van der Waals surface area contributed by atoms with Crippen molar-refractivity contribution < 1.29 is 4.79 Å². The number of Topliss-reactive ketones (excluding diaryl/α,β-unsaturated/α-hetero) is 1. The van der Waals surface area contributed by atoms with E-state index in [1.165, 1.54) is 18.5 Å². The van der Waals surface area contributed by atoms with Crippen LogP contribution in [-0.4, -0.2) is 43.4 Å². The summed E-state index contributed by atoms with van der Waals surface area (Å²) in [6.07, 6.45) is 2.51. The van der Waals surface area contributed by atoms with Crippen LogP contribution in [-0.2, 0) is 0 Å². The van der Waals surface area contributed by atoms with Crippen molar-refractivity contribution >= 4 is 11.5 Å². The summed E-state index contributed by atoms with van der Waals surface area (Å²) in [5.41, 5.74) is 2.03. The van der Waals surface area contributed by atoms with E-state index in [2.05, 4.69) is 42.7 Å². The number of benzene rings is 1. The first-order valence-electron chi connectivity index (χ1n) is 8.24. The van der Waals surface area contributed by atoms with E-state index in [1.54, 1.807) is 0 Å². The third kappa shape index (κ3) is 4.31. The van der Waals surface area contributed by atoms with Crippen molar-refractivity contribution in [3.8, 4) is 0 Å². The van der Waals surface area contributed by atoms with Crippen molar-refractivity contribution in [1.82, 2.24) is 4.90 Å². The maximum Gasteiger partial charge on any atom is 0.176 e. The van der Waals surface area contributed by atoms with Crippen LogP contribution in [0.5, 0.6) is 0 Å². The summed E-state index contributed by atoms with van der Waals surface area (Å²) in [5, 5.41) is 0. The van der Waals surface area contributed by atoms with E-state index in [9.17, 15) is 4.79 Å². The van der Waals surface area contributed by atoms with Gasteiger partial charge in [0.2, 0.25) is 0 Å². The number of nitrogens with zero attached hydrogens (tertiary/aromatic N) is 2. The van der Waals surface area contributed by atoms with Gasteiger partial charge in [0.1, 0.15) is 0 Å². The Kier molecular flexibility index (Phi) is 5.80. The Labute approximate surface area is 128 Å². The van der Waals surface area contributed by atoms with Crippen LogP contribution in [0.25, 0.3) is 0 Å². The molecular weight excluding hydrogens is 260 g/mol. The molecule has 1 atom stereocenters. The van der Waals surface area contributed by atoms with Crippen LogP contribution >= 0.6 is 0 Å². The van der Waals surface area contributed by atoms with E-state index in [0.717, 1.165) is 37.7 Å². The molecule has 116 valence electrons. The normalized spacial score (nSPS) is 19.5. The summed E-state index contributed by atoms with van der Waals surface area (Å²) in [4.78, 5) is 17.0. The van der Waals surface area contributed by atoms with E-state index in [0.29, 0.717) is 6.54 Å². The Balaban J connectivity index is 1.96. The number of rotatable bonds is 6. The lowest BCUT2D eigenvalue weighted by molar-refractivity contribution is 0.0893. The van der Waals surface area contributed by atoms with Crippen LogP contribution in [0.4, 0.5) is 5.69 Å². The van der Waals surface area contributed by atoms with Gasteiger partial charge in [-0.05, 0) is 63.4 Å². The summed E-state index contributed by atoms with van der Waals surface area (Å²) in [5.74, 6) is 0.965. The zero-order valence-corrected chi connectivity index (χ0v) is 13.6. The van der Waals surface area contributed by atoms with Gasteiger partial charge in [0.15, 0.2) is 5.78 Å². The zero-order chi connectivity index (χ0) is 15.2. The molecule has 0 saturated carbocycles. The molecule has 2 rings (SSSR count). The van der Waals surface area contributed by atoms with Crippen molar-refractivity contribution in [2.45, 2.75) is 33.6 Å². The van der Waals surface area contributed by atoms with Gasteiger partial charge in [0, 0.05) is 30.9 Å². The number of hydrogen-bond acceptors (Lipinski definition) is 3. The molecule has 1 unspecified atom stereocenters.